The van der Waals surface area contributed by atoms with Crippen molar-refractivity contribution in [2.45, 2.75) is 17.7 Å². The van der Waals surface area contributed by atoms with Crippen LogP contribution in [0.5, 0.6) is 11.5 Å². The van der Waals surface area contributed by atoms with Gasteiger partial charge in [0.25, 0.3) is 11.8 Å². The van der Waals surface area contributed by atoms with E-state index < -0.39 is 28.4 Å². The molecule has 5 rings (SSSR count). The number of amides is 2. The third-order valence-electron chi connectivity index (χ3n) is 5.94. The lowest BCUT2D eigenvalue weighted by molar-refractivity contribution is 0.0616. The fraction of sp³-hybridized carbons (Fsp3) is 0.115. The molecule has 0 atom stereocenters. The number of carbonyl (C=O) groups excluding carboxylic acids is 2. The van der Waals surface area contributed by atoms with Crippen LogP contribution >= 0.6 is 0 Å². The molecule has 4 aromatic rings. The predicted octanol–water partition coefficient (Wildman–Crippen LogP) is 2.94. The number of nitrogens with zero attached hydrogens (tertiary/aromatic N) is 1. The van der Waals surface area contributed by atoms with Gasteiger partial charge in [0.05, 0.1) is 11.2 Å². The molecular weight excluding hydrogens is 481 g/mol. The van der Waals surface area contributed by atoms with E-state index in [1.165, 1.54) is 30.3 Å². The number of ether oxygens (including phenoxy) is 2. The third kappa shape index (κ3) is 4.86. The van der Waals surface area contributed by atoms with Crippen molar-refractivity contribution in [3.8, 4) is 11.5 Å². The fourth-order valence-electron chi connectivity index (χ4n) is 3.80. The van der Waals surface area contributed by atoms with Crippen LogP contribution in [0.25, 0.3) is 10.9 Å². The van der Waals surface area contributed by atoms with Gasteiger partial charge in [-0.05, 0) is 67.6 Å². The van der Waals surface area contributed by atoms with Gasteiger partial charge in [0.15, 0.2) is 11.5 Å². The van der Waals surface area contributed by atoms with Gasteiger partial charge in [-0.25, -0.2) is 4.39 Å². The topological polar surface area (TPSA) is 89.6 Å². The Morgan fingerprint density at radius 2 is 1.45 bits per heavy atom. The molecule has 2 heterocycles. The Balaban J connectivity index is 1.33. The van der Waals surface area contributed by atoms with Gasteiger partial charge in [-0.2, -0.15) is 0 Å². The van der Waals surface area contributed by atoms with Gasteiger partial charge in [0, 0.05) is 38.7 Å². The first-order valence-electron chi connectivity index (χ1n) is 11.4. The van der Waals surface area contributed by atoms with Crippen LogP contribution in [0.2, 0.25) is 0 Å². The molecule has 2 amide bonds. The summed E-state index contributed by atoms with van der Waals surface area (Å²) >= 11 is 0. The minimum absolute atomic E-state index is 0.0574. The van der Waals surface area contributed by atoms with E-state index in [0.717, 1.165) is 22.7 Å². The maximum Gasteiger partial charge on any atom is 0.255 e. The molecule has 0 spiro atoms. The molecule has 0 saturated heterocycles. The van der Waals surface area contributed by atoms with Crippen molar-refractivity contribution in [1.29, 1.82) is 0 Å². The van der Waals surface area contributed by atoms with Gasteiger partial charge in [0.2, 0.25) is 0 Å². The van der Waals surface area contributed by atoms with Gasteiger partial charge in [0.1, 0.15) is 37.2 Å². The number of hydrogen-bond acceptors (Lipinski definition) is 5. The minimum Gasteiger partial charge on any atom is -0.501 e. The Bertz CT molecular complexity index is 1610. The zero-order chi connectivity index (χ0) is 27.2. The normalized spacial score (nSPS) is 15.0. The average molecular weight is 497 g/mol. The zero-order valence-corrected chi connectivity index (χ0v) is 20.1. The molecule has 1 aliphatic rings. The lowest BCUT2D eigenvalue weighted by atomic mass is 9.41. The van der Waals surface area contributed by atoms with Gasteiger partial charge >= 0.3 is 0 Å². The van der Waals surface area contributed by atoms with Crippen LogP contribution in [-0.2, 0) is 0 Å². The van der Waals surface area contributed by atoms with Crippen molar-refractivity contribution in [2.75, 3.05) is 10.6 Å². The lowest BCUT2D eigenvalue weighted by Gasteiger charge is -2.48. The van der Waals surface area contributed by atoms with E-state index in [2.05, 4.69) is 15.6 Å². The highest BCUT2D eigenvalue weighted by atomic mass is 19.1. The van der Waals surface area contributed by atoms with Crippen LogP contribution < -0.4 is 20.1 Å². The number of benzene rings is 3. The summed E-state index contributed by atoms with van der Waals surface area (Å²) in [4.78, 5) is 30.1. The summed E-state index contributed by atoms with van der Waals surface area (Å²) in [6.45, 7) is 1.87. The minimum atomic E-state index is -2.06. The number of nitrogens with one attached hydrogen (secondary N) is 2. The highest BCUT2D eigenvalue weighted by Gasteiger charge is 2.43. The van der Waals surface area contributed by atoms with Crippen molar-refractivity contribution < 1.29 is 23.5 Å². The first-order chi connectivity index (χ1) is 17.9. The number of halogens is 1. The summed E-state index contributed by atoms with van der Waals surface area (Å²) in [6.07, 6.45) is 0. The number of rotatable bonds is 4. The molecule has 2 N–H and O–H groups in total. The molecule has 7 nitrogen and oxygen atoms in total. The summed E-state index contributed by atoms with van der Waals surface area (Å²) in [5.74, 6) is -1.56. The van der Waals surface area contributed by atoms with Gasteiger partial charge in [-0.1, -0.05) is 6.07 Å². The van der Waals surface area contributed by atoms with Crippen LogP contribution in [0, 0.1) is 12.7 Å². The lowest BCUT2D eigenvalue weighted by Crippen LogP contribution is -2.65. The molecule has 0 bridgehead atoms. The highest BCUT2D eigenvalue weighted by Crippen LogP contribution is 2.39. The summed E-state index contributed by atoms with van der Waals surface area (Å²) in [7, 11) is 23.0. The van der Waals surface area contributed by atoms with Crippen molar-refractivity contribution in [1.82, 2.24) is 4.98 Å². The standard InChI is InChI=1S/C26H16B4FN3O4/c1-13-2-3-14-10-15(4-8-19(14)32-13)24(36)34-20-12-17(6-7-18(20)31)33-23(35)16-5-9-21-22(11-16)38-26(29,30)25(27,28)37-21/h2-12H,1H3,(H,33,35)(H,34,36). The van der Waals surface area contributed by atoms with Crippen LogP contribution in [0.3, 0.4) is 0 Å². The number of anilines is 2. The molecular formula is C26H16B4FN3O4. The van der Waals surface area contributed by atoms with Gasteiger partial charge in [-0.3, -0.25) is 14.6 Å². The van der Waals surface area contributed by atoms with Crippen LogP contribution in [0.4, 0.5) is 15.8 Å². The van der Waals surface area contributed by atoms with Crippen LogP contribution in [0.15, 0.2) is 66.7 Å². The molecule has 1 aliphatic heterocycles. The molecule has 0 saturated carbocycles. The summed E-state index contributed by atoms with van der Waals surface area (Å²) in [6, 6.07) is 16.7. The first-order valence-corrected chi connectivity index (χ1v) is 11.4. The molecule has 1 aromatic heterocycles. The third-order valence-corrected chi connectivity index (χ3v) is 5.94. The second kappa shape index (κ2) is 9.28. The number of aryl methyl sites for hydroxylation is 1. The molecule has 178 valence electrons. The number of hydrogen-bond donors (Lipinski definition) is 2. The maximum absolute atomic E-state index is 14.5. The van der Waals surface area contributed by atoms with Crippen LogP contribution in [-0.4, -0.2) is 59.0 Å². The quantitative estimate of drug-likeness (QED) is 0.424. The highest BCUT2D eigenvalue weighted by molar-refractivity contribution is 6.53. The van der Waals surface area contributed by atoms with E-state index in [1.807, 2.05) is 19.1 Å². The molecule has 8 radical (unpaired) electrons. The fourth-order valence-corrected chi connectivity index (χ4v) is 3.80. The molecule has 0 fully saturated rings. The number of aromatic nitrogens is 1. The van der Waals surface area contributed by atoms with E-state index in [4.69, 9.17) is 40.9 Å². The zero-order valence-electron chi connectivity index (χ0n) is 20.1. The van der Waals surface area contributed by atoms with E-state index in [-0.39, 0.29) is 28.4 Å². The monoisotopic (exact) mass is 497 g/mol. The Morgan fingerprint density at radius 3 is 2.21 bits per heavy atom. The maximum atomic E-state index is 14.5. The Kier molecular flexibility index (Phi) is 6.21. The smallest absolute Gasteiger partial charge is 0.255 e. The second-order valence-corrected chi connectivity index (χ2v) is 8.91. The predicted molar refractivity (Wildman–Crippen MR) is 145 cm³/mol. The van der Waals surface area contributed by atoms with Crippen molar-refractivity contribution in [2.24, 2.45) is 0 Å². The molecule has 38 heavy (non-hydrogen) atoms. The molecule has 12 heteroatoms. The van der Waals surface area contributed by atoms with Crippen molar-refractivity contribution in [3.05, 3.63) is 89.4 Å². The number of carbonyl (C=O) groups is 2. The van der Waals surface area contributed by atoms with Gasteiger partial charge in [-0.15, -0.1) is 0 Å². The molecule has 3 aromatic carbocycles. The summed E-state index contributed by atoms with van der Waals surface area (Å²) in [5, 5.41) is 1.90. The number of fused-ring (bicyclic) bond motifs is 2. The summed E-state index contributed by atoms with van der Waals surface area (Å²) in [5.41, 5.74) is 2.19. The Labute approximate surface area is 223 Å². The molecule has 0 aliphatic carbocycles. The summed E-state index contributed by atoms with van der Waals surface area (Å²) < 4.78 is 25.3. The van der Waals surface area contributed by atoms with E-state index in [0.29, 0.717) is 5.56 Å². The Hall–Kier alpha value is -4.20. The van der Waals surface area contributed by atoms with Crippen LogP contribution in [0.1, 0.15) is 26.4 Å². The second-order valence-electron chi connectivity index (χ2n) is 8.91. The molecule has 0 unspecified atom stereocenters. The number of pyridine rings is 1. The van der Waals surface area contributed by atoms with E-state index in [1.54, 1.807) is 18.2 Å². The average Bonchev–Trinajstić information content (AvgIpc) is 2.85. The van der Waals surface area contributed by atoms with Crippen molar-refractivity contribution >= 4 is 65.5 Å². The van der Waals surface area contributed by atoms with E-state index >= 15 is 0 Å². The Morgan fingerprint density at radius 1 is 0.789 bits per heavy atom. The largest absolute Gasteiger partial charge is 0.501 e. The van der Waals surface area contributed by atoms with Gasteiger partial charge < -0.3 is 20.1 Å². The van der Waals surface area contributed by atoms with Crippen molar-refractivity contribution in [3.63, 3.8) is 0 Å². The van der Waals surface area contributed by atoms with E-state index in [9.17, 15) is 14.0 Å². The first kappa shape index (κ1) is 25.4. The SMILES string of the molecule is [B]C1([B])Oc2ccc(C(=O)Nc3ccc(F)c(NC(=O)c4ccc5nc(C)ccc5c4)c3)cc2OC1([B])[B].